The molecule has 34 heavy (non-hydrogen) atoms. The van der Waals surface area contributed by atoms with Crippen molar-refractivity contribution in [1.82, 2.24) is 9.97 Å². The van der Waals surface area contributed by atoms with E-state index in [2.05, 4.69) is 9.97 Å². The zero-order valence-corrected chi connectivity index (χ0v) is 19.8. The molecule has 0 bridgehead atoms. The second kappa shape index (κ2) is 9.28. The number of fused-ring (bicyclic) bond motifs is 1. The maximum atomic E-state index is 13.1. The van der Waals surface area contributed by atoms with Crippen molar-refractivity contribution in [3.8, 4) is 0 Å². The van der Waals surface area contributed by atoms with E-state index < -0.39 is 22.1 Å². The zero-order chi connectivity index (χ0) is 24.5. The van der Waals surface area contributed by atoms with Gasteiger partial charge in [0.1, 0.15) is 0 Å². The first-order valence-electron chi connectivity index (χ1n) is 10.2. The van der Waals surface area contributed by atoms with Gasteiger partial charge in [-0.25, -0.2) is 18.2 Å². The Morgan fingerprint density at radius 3 is 2.56 bits per heavy atom. The molecule has 8 nitrogen and oxygen atoms in total. The van der Waals surface area contributed by atoms with Crippen LogP contribution in [0.5, 0.6) is 0 Å². The molecule has 0 spiro atoms. The van der Waals surface area contributed by atoms with E-state index in [9.17, 15) is 18.0 Å². The Balaban J connectivity index is 1.58. The van der Waals surface area contributed by atoms with Gasteiger partial charge in [-0.3, -0.25) is 9.10 Å². The molecule has 4 rings (SSSR count). The first-order valence-corrected chi connectivity index (χ1v) is 12.0. The van der Waals surface area contributed by atoms with E-state index in [1.54, 1.807) is 49.4 Å². The van der Waals surface area contributed by atoms with Crippen LogP contribution in [0.1, 0.15) is 29.2 Å². The molecular weight excluding hydrogens is 478 g/mol. The molecule has 0 saturated heterocycles. The van der Waals surface area contributed by atoms with Crippen LogP contribution in [0.3, 0.4) is 0 Å². The molecule has 0 radical (unpaired) electrons. The normalized spacial score (nSPS) is 12.3. The largest absolute Gasteiger partial charge is 0.451 e. The minimum atomic E-state index is -3.97. The van der Waals surface area contributed by atoms with E-state index in [0.717, 1.165) is 4.31 Å². The Labute approximate surface area is 200 Å². The molecule has 4 aromatic rings. The monoisotopic (exact) mass is 497 g/mol. The zero-order valence-electron chi connectivity index (χ0n) is 18.2. The fraction of sp³-hybridized carbons (Fsp3) is 0.125. The van der Waals surface area contributed by atoms with Gasteiger partial charge in [-0.15, -0.1) is 0 Å². The number of anilines is 1. The fourth-order valence-electron chi connectivity index (χ4n) is 3.33. The summed E-state index contributed by atoms with van der Waals surface area (Å²) in [5.41, 5.74) is 0.540. The summed E-state index contributed by atoms with van der Waals surface area (Å²) in [6, 6.07) is 18.8. The highest BCUT2D eigenvalue weighted by Crippen LogP contribution is 2.25. The third kappa shape index (κ3) is 4.66. The predicted octanol–water partition coefficient (Wildman–Crippen LogP) is 4.32. The van der Waals surface area contributed by atoms with Crippen molar-refractivity contribution in [3.63, 3.8) is 0 Å². The minimum absolute atomic E-state index is 0.0376. The molecule has 0 saturated carbocycles. The van der Waals surface area contributed by atoms with Crippen LogP contribution in [0.15, 0.2) is 82.5 Å². The van der Waals surface area contributed by atoms with E-state index in [1.165, 1.54) is 37.4 Å². The van der Waals surface area contributed by atoms with Crippen molar-refractivity contribution < 1.29 is 17.9 Å². The molecule has 1 aromatic heterocycles. The van der Waals surface area contributed by atoms with Gasteiger partial charge in [-0.1, -0.05) is 35.9 Å². The number of carbonyl (C=O) groups excluding carboxylic acids is 1. The number of nitrogens with zero attached hydrogens (tertiary/aromatic N) is 2. The number of H-pyrrole nitrogens is 1. The van der Waals surface area contributed by atoms with Crippen LogP contribution in [0.2, 0.25) is 5.02 Å². The number of nitrogens with one attached hydrogen (secondary N) is 1. The number of carbonyl (C=O) groups is 1. The third-order valence-corrected chi connectivity index (χ3v) is 7.22. The van der Waals surface area contributed by atoms with Gasteiger partial charge >= 0.3 is 5.97 Å². The highest BCUT2D eigenvalue weighted by molar-refractivity contribution is 7.92. The number of hydrogen-bond acceptors (Lipinski definition) is 6. The second-order valence-corrected chi connectivity index (χ2v) is 9.90. The predicted molar refractivity (Wildman–Crippen MR) is 130 cm³/mol. The summed E-state index contributed by atoms with van der Waals surface area (Å²) in [7, 11) is -2.57. The van der Waals surface area contributed by atoms with Crippen LogP contribution in [0, 0.1) is 0 Å². The summed E-state index contributed by atoms with van der Waals surface area (Å²) in [5, 5.41) is 0.817. The quantitative estimate of drug-likeness (QED) is 0.397. The average Bonchev–Trinajstić information content (AvgIpc) is 2.83. The average molecular weight is 498 g/mol. The van der Waals surface area contributed by atoms with E-state index in [0.29, 0.717) is 21.6 Å². The van der Waals surface area contributed by atoms with Crippen LogP contribution in [0.4, 0.5) is 5.69 Å². The number of ether oxygens (including phenoxy) is 1. The molecule has 3 aromatic carbocycles. The number of sulfonamides is 1. The molecule has 0 aliphatic rings. The highest BCUT2D eigenvalue weighted by Gasteiger charge is 2.24. The summed E-state index contributed by atoms with van der Waals surface area (Å²) in [5.74, 6) is -0.577. The van der Waals surface area contributed by atoms with Gasteiger partial charge in [-0.05, 0) is 55.5 Å². The second-order valence-electron chi connectivity index (χ2n) is 7.50. The lowest BCUT2D eigenvalue weighted by molar-refractivity contribution is 0.0319. The summed E-state index contributed by atoms with van der Waals surface area (Å²) in [4.78, 5) is 32.0. The van der Waals surface area contributed by atoms with Crippen LogP contribution in [0.25, 0.3) is 10.9 Å². The number of hydrogen-bond donors (Lipinski definition) is 1. The first kappa shape index (κ1) is 23.5. The number of benzene rings is 3. The summed E-state index contributed by atoms with van der Waals surface area (Å²) >= 11 is 5.98. The van der Waals surface area contributed by atoms with Crippen molar-refractivity contribution >= 4 is 44.2 Å². The van der Waals surface area contributed by atoms with Crippen LogP contribution < -0.4 is 9.86 Å². The smallest absolute Gasteiger partial charge is 0.338 e. The van der Waals surface area contributed by atoms with Crippen molar-refractivity contribution in [2.45, 2.75) is 17.9 Å². The van der Waals surface area contributed by atoms with E-state index in [4.69, 9.17) is 16.3 Å². The van der Waals surface area contributed by atoms with Gasteiger partial charge in [0.15, 0.2) is 11.9 Å². The van der Waals surface area contributed by atoms with Crippen molar-refractivity contribution in [2.75, 3.05) is 11.4 Å². The molecule has 1 heterocycles. The molecule has 0 amide bonds. The van der Waals surface area contributed by atoms with Gasteiger partial charge in [0.2, 0.25) is 0 Å². The van der Waals surface area contributed by atoms with Crippen LogP contribution >= 0.6 is 11.6 Å². The Kier molecular flexibility index (Phi) is 6.41. The molecule has 0 unspecified atom stereocenters. The van der Waals surface area contributed by atoms with Gasteiger partial charge in [0.25, 0.3) is 15.6 Å². The maximum absolute atomic E-state index is 13.1. The summed E-state index contributed by atoms with van der Waals surface area (Å²) in [6.45, 7) is 1.57. The lowest BCUT2D eigenvalue weighted by Gasteiger charge is -2.20. The van der Waals surface area contributed by atoms with E-state index in [1.807, 2.05) is 0 Å². The minimum Gasteiger partial charge on any atom is -0.451 e. The first-order chi connectivity index (χ1) is 16.2. The Morgan fingerprint density at radius 2 is 1.79 bits per heavy atom. The lowest BCUT2D eigenvalue weighted by Crippen LogP contribution is -2.26. The molecule has 174 valence electrons. The molecule has 0 aliphatic carbocycles. The van der Waals surface area contributed by atoms with E-state index >= 15 is 0 Å². The Bertz CT molecular complexity index is 1550. The number of esters is 1. The van der Waals surface area contributed by atoms with Gasteiger partial charge in [0, 0.05) is 12.1 Å². The number of aromatic amines is 1. The standard InChI is InChI=1S/C24H20ClN3O5S/c1-15(22-26-21-12-4-3-11-20(21)23(29)27-22)33-24(30)16-7-5-10-19(13-16)34(31,32)28(2)18-9-6-8-17(25)14-18/h3-15H,1-2H3,(H,26,27,29)/t15-/m1/s1. The van der Waals surface area contributed by atoms with Gasteiger partial charge in [-0.2, -0.15) is 0 Å². The number of aromatic nitrogens is 2. The topological polar surface area (TPSA) is 109 Å². The van der Waals surface area contributed by atoms with Gasteiger partial charge < -0.3 is 9.72 Å². The van der Waals surface area contributed by atoms with Crippen LogP contribution in [-0.2, 0) is 14.8 Å². The van der Waals surface area contributed by atoms with Crippen molar-refractivity contribution in [1.29, 1.82) is 0 Å². The van der Waals surface area contributed by atoms with E-state index in [-0.39, 0.29) is 21.8 Å². The van der Waals surface area contributed by atoms with Crippen molar-refractivity contribution in [2.24, 2.45) is 0 Å². The maximum Gasteiger partial charge on any atom is 0.338 e. The van der Waals surface area contributed by atoms with Crippen molar-refractivity contribution in [3.05, 3.63) is 99.6 Å². The molecule has 1 N–H and O–H groups in total. The fourth-order valence-corrected chi connectivity index (χ4v) is 4.75. The molecule has 10 heteroatoms. The Morgan fingerprint density at radius 1 is 1.06 bits per heavy atom. The molecular formula is C24H20ClN3O5S. The number of rotatable bonds is 6. The molecule has 0 aliphatic heterocycles. The van der Waals surface area contributed by atoms with Crippen LogP contribution in [-0.4, -0.2) is 31.4 Å². The SMILES string of the molecule is C[C@@H](OC(=O)c1cccc(S(=O)(=O)N(C)c2cccc(Cl)c2)c1)c1nc2ccccc2c(=O)[nH]1. The number of halogens is 1. The molecule has 1 atom stereocenters. The highest BCUT2D eigenvalue weighted by atomic mass is 35.5. The third-order valence-electron chi connectivity index (χ3n) is 5.20. The Hall–Kier alpha value is -3.69. The summed E-state index contributed by atoms with van der Waals surface area (Å²) < 4.78 is 32.7. The lowest BCUT2D eigenvalue weighted by atomic mass is 10.2. The summed E-state index contributed by atoms with van der Waals surface area (Å²) in [6.07, 6.45) is -0.876. The number of para-hydroxylation sites is 1. The molecule has 0 fully saturated rings. The van der Waals surface area contributed by atoms with Gasteiger partial charge in [0.05, 0.1) is 27.0 Å².